The predicted octanol–water partition coefficient (Wildman–Crippen LogP) is 3.08. The minimum absolute atomic E-state index is 0.170. The Labute approximate surface area is 140 Å². The predicted molar refractivity (Wildman–Crippen MR) is 91.6 cm³/mol. The molecule has 3 aromatic rings. The number of pyridine rings is 2. The molecule has 120 valence electrons. The van der Waals surface area contributed by atoms with E-state index in [2.05, 4.69) is 15.3 Å². The summed E-state index contributed by atoms with van der Waals surface area (Å²) >= 11 is 0. The van der Waals surface area contributed by atoms with E-state index in [1.165, 1.54) is 0 Å². The summed E-state index contributed by atoms with van der Waals surface area (Å²) in [5, 5.41) is 2.87. The van der Waals surface area contributed by atoms with Gasteiger partial charge in [0.15, 0.2) is 0 Å². The third-order valence-electron chi connectivity index (χ3n) is 3.58. The average Bonchev–Trinajstić information content (AvgIpc) is 2.67. The van der Waals surface area contributed by atoms with Gasteiger partial charge in [0.2, 0.25) is 0 Å². The van der Waals surface area contributed by atoms with Crippen molar-refractivity contribution in [2.24, 2.45) is 0 Å². The highest BCUT2D eigenvalue weighted by atomic mass is 16.5. The maximum absolute atomic E-state index is 12.3. The summed E-state index contributed by atoms with van der Waals surface area (Å²) in [6.07, 6.45) is 6.72. The summed E-state index contributed by atoms with van der Waals surface area (Å²) in [5.41, 5.74) is 3.27. The summed E-state index contributed by atoms with van der Waals surface area (Å²) < 4.78 is 5.24. The molecule has 24 heavy (non-hydrogen) atoms. The van der Waals surface area contributed by atoms with E-state index in [-0.39, 0.29) is 5.91 Å². The molecule has 2 heterocycles. The summed E-state index contributed by atoms with van der Waals surface area (Å²) in [6, 6.07) is 13.2. The first-order valence-electron chi connectivity index (χ1n) is 7.53. The fourth-order valence-electron chi connectivity index (χ4n) is 2.31. The van der Waals surface area contributed by atoms with Crippen LogP contribution in [0, 0.1) is 0 Å². The molecule has 0 aliphatic carbocycles. The number of aromatic nitrogens is 2. The lowest BCUT2D eigenvalue weighted by molar-refractivity contribution is 0.0950. The Kier molecular flexibility index (Phi) is 4.81. The Balaban J connectivity index is 1.76. The molecule has 1 aromatic carbocycles. The van der Waals surface area contributed by atoms with Gasteiger partial charge >= 0.3 is 0 Å². The van der Waals surface area contributed by atoms with Crippen molar-refractivity contribution in [1.29, 1.82) is 0 Å². The number of hydrogen-bond donors (Lipinski definition) is 1. The molecule has 0 saturated carbocycles. The smallest absolute Gasteiger partial charge is 0.253 e. The molecule has 3 rings (SSSR count). The highest BCUT2D eigenvalue weighted by Crippen LogP contribution is 2.23. The maximum atomic E-state index is 12.3. The van der Waals surface area contributed by atoms with Crippen LogP contribution in [-0.4, -0.2) is 23.0 Å². The topological polar surface area (TPSA) is 64.1 Å². The molecular formula is C19H17N3O2. The van der Waals surface area contributed by atoms with E-state index in [1.54, 1.807) is 31.9 Å². The van der Waals surface area contributed by atoms with E-state index >= 15 is 0 Å². The SMILES string of the molecule is COc1cccc(-c2cncc(C(=O)NCc3cccnc3)c2)c1. The summed E-state index contributed by atoms with van der Waals surface area (Å²) in [7, 11) is 1.62. The molecule has 5 heteroatoms. The minimum atomic E-state index is -0.170. The number of hydrogen-bond acceptors (Lipinski definition) is 4. The van der Waals surface area contributed by atoms with Crippen LogP contribution < -0.4 is 10.1 Å². The Bertz CT molecular complexity index is 835. The van der Waals surface area contributed by atoms with Crippen LogP contribution in [0.15, 0.2) is 67.3 Å². The zero-order chi connectivity index (χ0) is 16.8. The number of nitrogens with zero attached hydrogens (tertiary/aromatic N) is 2. The number of carbonyl (C=O) groups is 1. The number of rotatable bonds is 5. The van der Waals surface area contributed by atoms with Crippen molar-refractivity contribution in [2.45, 2.75) is 6.54 Å². The maximum Gasteiger partial charge on any atom is 0.253 e. The van der Waals surface area contributed by atoms with Gasteiger partial charge in [-0.3, -0.25) is 14.8 Å². The van der Waals surface area contributed by atoms with Crippen LogP contribution >= 0.6 is 0 Å². The highest BCUT2D eigenvalue weighted by molar-refractivity contribution is 5.95. The minimum Gasteiger partial charge on any atom is -0.497 e. The van der Waals surface area contributed by atoms with Gasteiger partial charge < -0.3 is 10.1 Å². The van der Waals surface area contributed by atoms with E-state index in [1.807, 2.05) is 42.5 Å². The molecule has 0 fully saturated rings. The number of ether oxygens (including phenoxy) is 1. The molecule has 0 unspecified atom stereocenters. The monoisotopic (exact) mass is 319 g/mol. The fraction of sp³-hybridized carbons (Fsp3) is 0.105. The van der Waals surface area contributed by atoms with Crippen molar-refractivity contribution >= 4 is 5.91 Å². The zero-order valence-electron chi connectivity index (χ0n) is 13.3. The summed E-state index contributed by atoms with van der Waals surface area (Å²) in [4.78, 5) is 20.5. The van der Waals surface area contributed by atoms with Gasteiger partial charge in [0, 0.05) is 36.9 Å². The number of amides is 1. The molecule has 2 aromatic heterocycles. The van der Waals surface area contributed by atoms with Gasteiger partial charge in [0.25, 0.3) is 5.91 Å². The van der Waals surface area contributed by atoms with Gasteiger partial charge in [-0.1, -0.05) is 18.2 Å². The number of nitrogens with one attached hydrogen (secondary N) is 1. The Morgan fingerprint density at radius 2 is 1.96 bits per heavy atom. The summed E-state index contributed by atoms with van der Waals surface area (Å²) in [6.45, 7) is 0.427. The largest absolute Gasteiger partial charge is 0.497 e. The lowest BCUT2D eigenvalue weighted by atomic mass is 10.1. The van der Waals surface area contributed by atoms with Gasteiger partial charge in [-0.25, -0.2) is 0 Å². The van der Waals surface area contributed by atoms with Crippen LogP contribution in [0.1, 0.15) is 15.9 Å². The highest BCUT2D eigenvalue weighted by Gasteiger charge is 2.08. The Morgan fingerprint density at radius 3 is 2.75 bits per heavy atom. The van der Waals surface area contributed by atoms with E-state index < -0.39 is 0 Å². The molecule has 0 saturated heterocycles. The van der Waals surface area contributed by atoms with Gasteiger partial charge in [0.1, 0.15) is 5.75 Å². The van der Waals surface area contributed by atoms with E-state index in [9.17, 15) is 4.79 Å². The molecule has 5 nitrogen and oxygen atoms in total. The van der Waals surface area contributed by atoms with Crippen LogP contribution in [0.5, 0.6) is 5.75 Å². The van der Waals surface area contributed by atoms with Crippen molar-refractivity contribution in [3.8, 4) is 16.9 Å². The molecule has 0 aliphatic rings. The van der Waals surface area contributed by atoms with E-state index in [0.29, 0.717) is 12.1 Å². The van der Waals surface area contributed by atoms with Gasteiger partial charge in [-0.2, -0.15) is 0 Å². The molecule has 0 atom stereocenters. The van der Waals surface area contributed by atoms with Gasteiger partial charge in [0.05, 0.1) is 12.7 Å². The van der Waals surface area contributed by atoms with Crippen LogP contribution in [0.25, 0.3) is 11.1 Å². The van der Waals surface area contributed by atoms with Crippen molar-refractivity contribution in [1.82, 2.24) is 15.3 Å². The second-order valence-corrected chi connectivity index (χ2v) is 5.24. The number of methoxy groups -OCH3 is 1. The molecule has 0 bridgehead atoms. The van der Waals surface area contributed by atoms with Gasteiger partial charge in [-0.15, -0.1) is 0 Å². The lowest BCUT2D eigenvalue weighted by Gasteiger charge is -2.08. The lowest BCUT2D eigenvalue weighted by Crippen LogP contribution is -2.23. The van der Waals surface area contributed by atoms with Crippen LogP contribution in [0.3, 0.4) is 0 Å². The first-order valence-corrected chi connectivity index (χ1v) is 7.53. The van der Waals surface area contributed by atoms with Crippen molar-refractivity contribution in [3.05, 3.63) is 78.4 Å². The third kappa shape index (κ3) is 3.76. The molecule has 0 radical (unpaired) electrons. The second-order valence-electron chi connectivity index (χ2n) is 5.24. The van der Waals surface area contributed by atoms with Crippen molar-refractivity contribution in [3.63, 3.8) is 0 Å². The van der Waals surface area contributed by atoms with Crippen molar-refractivity contribution in [2.75, 3.05) is 7.11 Å². The fourth-order valence-corrected chi connectivity index (χ4v) is 2.31. The van der Waals surface area contributed by atoms with Crippen molar-refractivity contribution < 1.29 is 9.53 Å². The molecule has 1 amide bonds. The normalized spacial score (nSPS) is 10.2. The Hall–Kier alpha value is -3.21. The van der Waals surface area contributed by atoms with Crippen LogP contribution in [-0.2, 0) is 6.54 Å². The van der Waals surface area contributed by atoms with Crippen LogP contribution in [0.4, 0.5) is 0 Å². The van der Waals surface area contributed by atoms with E-state index in [4.69, 9.17) is 4.74 Å². The molecular weight excluding hydrogens is 302 g/mol. The Morgan fingerprint density at radius 1 is 1.04 bits per heavy atom. The first kappa shape index (κ1) is 15.7. The summed E-state index contributed by atoms with van der Waals surface area (Å²) in [5.74, 6) is 0.593. The second kappa shape index (κ2) is 7.37. The average molecular weight is 319 g/mol. The molecule has 1 N–H and O–H groups in total. The van der Waals surface area contributed by atoms with Crippen LogP contribution in [0.2, 0.25) is 0 Å². The number of benzene rings is 1. The van der Waals surface area contributed by atoms with Gasteiger partial charge in [-0.05, 0) is 35.4 Å². The number of carbonyl (C=O) groups excluding carboxylic acids is 1. The standard InChI is InChI=1S/C19H17N3O2/c1-24-18-6-2-5-15(9-18)16-8-17(13-21-12-16)19(23)22-11-14-4-3-7-20-10-14/h2-10,12-13H,11H2,1H3,(H,22,23). The molecule has 0 spiro atoms. The van der Waals surface area contributed by atoms with E-state index in [0.717, 1.165) is 22.4 Å². The zero-order valence-corrected chi connectivity index (χ0v) is 13.3. The molecule has 0 aliphatic heterocycles. The first-order chi connectivity index (χ1) is 11.8. The quantitative estimate of drug-likeness (QED) is 0.785. The third-order valence-corrected chi connectivity index (χ3v) is 3.58.